The number of unbranched alkanes of at least 4 members (excludes halogenated alkanes) is 3. The SMILES string of the molecule is CCCCCC.C[NH+](C)C. The van der Waals surface area contributed by atoms with Crippen LogP contribution in [0.1, 0.15) is 39.5 Å². The molecular weight excluding hydrogens is 122 g/mol. The Morgan fingerprint density at radius 1 is 0.800 bits per heavy atom. The zero-order valence-corrected chi connectivity index (χ0v) is 8.33. The molecule has 0 unspecified atom stereocenters. The Bertz CT molecular complexity index is 35.2. The molecule has 0 aromatic carbocycles. The first-order valence-corrected chi connectivity index (χ1v) is 4.41. The molecule has 1 nitrogen and oxygen atoms in total. The monoisotopic (exact) mass is 146 g/mol. The summed E-state index contributed by atoms with van der Waals surface area (Å²) in [5.74, 6) is 0. The average Bonchev–Trinajstić information content (AvgIpc) is 1.82. The zero-order chi connectivity index (χ0) is 8.41. The molecule has 0 heterocycles. The normalized spacial score (nSPS) is 9.00. The largest absolute Gasteiger partial charge is 0.342 e. The van der Waals surface area contributed by atoms with Gasteiger partial charge in [0.1, 0.15) is 0 Å². The average molecular weight is 146 g/mol. The summed E-state index contributed by atoms with van der Waals surface area (Å²) in [6.07, 6.45) is 5.54. The van der Waals surface area contributed by atoms with Gasteiger partial charge in [-0.2, -0.15) is 0 Å². The van der Waals surface area contributed by atoms with Gasteiger partial charge in [0.05, 0.1) is 21.1 Å². The standard InChI is InChI=1S/C6H14.C3H9N/c1-3-5-6-4-2;1-4(2)3/h3-6H2,1-2H3;1-3H3/p+1. The first-order valence-electron chi connectivity index (χ1n) is 4.41. The predicted octanol–water partition coefficient (Wildman–Crippen LogP) is 1.35. The molecule has 0 saturated carbocycles. The van der Waals surface area contributed by atoms with Crippen LogP contribution in [0.4, 0.5) is 0 Å². The highest BCUT2D eigenvalue weighted by atomic mass is 15.0. The van der Waals surface area contributed by atoms with E-state index in [2.05, 4.69) is 35.0 Å². The van der Waals surface area contributed by atoms with Gasteiger partial charge in [0.15, 0.2) is 0 Å². The van der Waals surface area contributed by atoms with E-state index in [1.807, 2.05) is 0 Å². The molecule has 0 aliphatic carbocycles. The molecule has 0 radical (unpaired) electrons. The number of hydrogen-bond donors (Lipinski definition) is 1. The molecule has 0 amide bonds. The Labute approximate surface area is 66.4 Å². The van der Waals surface area contributed by atoms with E-state index >= 15 is 0 Å². The second-order valence-corrected chi connectivity index (χ2v) is 3.21. The van der Waals surface area contributed by atoms with Crippen LogP contribution in [-0.2, 0) is 0 Å². The highest BCUT2D eigenvalue weighted by Crippen LogP contribution is 1.95. The molecule has 0 aromatic rings. The van der Waals surface area contributed by atoms with Crippen molar-refractivity contribution in [3.63, 3.8) is 0 Å². The maximum absolute atomic E-state index is 2.23. The smallest absolute Gasteiger partial charge is 0.0661 e. The Morgan fingerprint density at radius 3 is 1.10 bits per heavy atom. The van der Waals surface area contributed by atoms with E-state index in [1.165, 1.54) is 30.6 Å². The molecule has 0 fully saturated rings. The van der Waals surface area contributed by atoms with Gasteiger partial charge in [0.2, 0.25) is 0 Å². The van der Waals surface area contributed by atoms with Crippen LogP contribution in [0.2, 0.25) is 0 Å². The third kappa shape index (κ3) is 44.0. The van der Waals surface area contributed by atoms with Crippen LogP contribution in [0.3, 0.4) is 0 Å². The first kappa shape index (κ1) is 12.6. The van der Waals surface area contributed by atoms with Gasteiger partial charge in [0.25, 0.3) is 0 Å². The number of rotatable bonds is 3. The Morgan fingerprint density at radius 2 is 1.00 bits per heavy atom. The van der Waals surface area contributed by atoms with Crippen LogP contribution >= 0.6 is 0 Å². The van der Waals surface area contributed by atoms with E-state index in [1.54, 1.807) is 0 Å². The van der Waals surface area contributed by atoms with Crippen molar-refractivity contribution in [3.05, 3.63) is 0 Å². The summed E-state index contributed by atoms with van der Waals surface area (Å²) in [6, 6.07) is 0. The van der Waals surface area contributed by atoms with E-state index < -0.39 is 0 Å². The summed E-state index contributed by atoms with van der Waals surface area (Å²) < 4.78 is 0. The van der Waals surface area contributed by atoms with Crippen LogP contribution in [0.15, 0.2) is 0 Å². The minimum Gasteiger partial charge on any atom is -0.342 e. The first-order chi connectivity index (χ1) is 4.65. The van der Waals surface area contributed by atoms with E-state index in [9.17, 15) is 0 Å². The third-order valence-electron chi connectivity index (χ3n) is 0.957. The van der Waals surface area contributed by atoms with Crippen LogP contribution in [0.25, 0.3) is 0 Å². The van der Waals surface area contributed by atoms with E-state index in [4.69, 9.17) is 0 Å². The van der Waals surface area contributed by atoms with Crippen molar-refractivity contribution in [1.82, 2.24) is 0 Å². The second kappa shape index (κ2) is 11.7. The summed E-state index contributed by atoms with van der Waals surface area (Å²) in [5.41, 5.74) is 0. The van der Waals surface area contributed by atoms with Crippen molar-refractivity contribution in [3.8, 4) is 0 Å². The molecule has 0 aliphatic rings. The molecule has 64 valence electrons. The van der Waals surface area contributed by atoms with Crippen LogP contribution in [0, 0.1) is 0 Å². The molecule has 1 heteroatoms. The van der Waals surface area contributed by atoms with Gasteiger partial charge in [-0.3, -0.25) is 0 Å². The number of quaternary nitrogens is 1. The van der Waals surface area contributed by atoms with Gasteiger partial charge in [-0.05, 0) is 0 Å². The van der Waals surface area contributed by atoms with Gasteiger partial charge in [0, 0.05) is 0 Å². The molecule has 0 bridgehead atoms. The van der Waals surface area contributed by atoms with Crippen molar-refractivity contribution < 1.29 is 4.90 Å². The Hall–Kier alpha value is -0.0400. The maximum Gasteiger partial charge on any atom is 0.0661 e. The third-order valence-corrected chi connectivity index (χ3v) is 0.957. The Balaban J connectivity index is 0. The Kier molecular flexibility index (Phi) is 14.8. The summed E-state index contributed by atoms with van der Waals surface area (Å²) >= 11 is 0. The van der Waals surface area contributed by atoms with E-state index in [0.29, 0.717) is 0 Å². The minimum atomic E-state index is 1.36. The van der Waals surface area contributed by atoms with Crippen LogP contribution < -0.4 is 4.90 Å². The molecule has 0 aromatic heterocycles. The highest BCUT2D eigenvalue weighted by molar-refractivity contribution is 4.31. The number of nitrogens with one attached hydrogen (secondary N) is 1. The van der Waals surface area contributed by atoms with Crippen LogP contribution in [0.5, 0.6) is 0 Å². The second-order valence-electron chi connectivity index (χ2n) is 3.21. The lowest BCUT2D eigenvalue weighted by Gasteiger charge is -1.88. The lowest BCUT2D eigenvalue weighted by atomic mass is 10.2. The molecule has 10 heavy (non-hydrogen) atoms. The quantitative estimate of drug-likeness (QED) is 0.573. The van der Waals surface area contributed by atoms with Gasteiger partial charge in [-0.25, -0.2) is 0 Å². The fourth-order valence-electron chi connectivity index (χ4n) is 0.500. The van der Waals surface area contributed by atoms with Crippen molar-refractivity contribution in [2.45, 2.75) is 39.5 Å². The molecule has 0 rings (SSSR count). The van der Waals surface area contributed by atoms with Gasteiger partial charge in [-0.15, -0.1) is 0 Å². The van der Waals surface area contributed by atoms with Crippen molar-refractivity contribution >= 4 is 0 Å². The molecule has 0 atom stereocenters. The van der Waals surface area contributed by atoms with Crippen molar-refractivity contribution in [1.29, 1.82) is 0 Å². The predicted molar refractivity (Wildman–Crippen MR) is 48.6 cm³/mol. The van der Waals surface area contributed by atoms with Crippen LogP contribution in [-0.4, -0.2) is 21.1 Å². The molecule has 1 N–H and O–H groups in total. The van der Waals surface area contributed by atoms with E-state index in [-0.39, 0.29) is 0 Å². The summed E-state index contributed by atoms with van der Waals surface area (Å²) in [6.45, 7) is 4.46. The lowest BCUT2D eigenvalue weighted by Crippen LogP contribution is -3.02. The maximum atomic E-state index is 2.23. The summed E-state index contributed by atoms with van der Waals surface area (Å²) in [4.78, 5) is 1.42. The summed E-state index contributed by atoms with van der Waals surface area (Å²) in [5, 5.41) is 0. The van der Waals surface area contributed by atoms with Gasteiger partial charge in [-0.1, -0.05) is 39.5 Å². The fraction of sp³-hybridized carbons (Fsp3) is 1.00. The fourth-order valence-corrected chi connectivity index (χ4v) is 0.500. The molecule has 0 aliphatic heterocycles. The van der Waals surface area contributed by atoms with E-state index in [0.717, 1.165) is 0 Å². The highest BCUT2D eigenvalue weighted by Gasteiger charge is 1.75. The number of hydrogen-bond acceptors (Lipinski definition) is 0. The molecular formula is C9H24N+. The molecule has 0 spiro atoms. The minimum absolute atomic E-state index is 1.36. The lowest BCUT2D eigenvalue weighted by molar-refractivity contribution is -0.836. The summed E-state index contributed by atoms with van der Waals surface area (Å²) in [7, 11) is 6.25. The topological polar surface area (TPSA) is 4.44 Å². The van der Waals surface area contributed by atoms with Gasteiger partial charge >= 0.3 is 0 Å². The van der Waals surface area contributed by atoms with Crippen molar-refractivity contribution in [2.75, 3.05) is 21.1 Å². The van der Waals surface area contributed by atoms with Crippen molar-refractivity contribution in [2.24, 2.45) is 0 Å². The zero-order valence-electron chi connectivity index (χ0n) is 8.33. The van der Waals surface area contributed by atoms with Gasteiger partial charge < -0.3 is 4.90 Å². The molecule has 0 saturated heterocycles.